The number of thioether (sulfide) groups is 1. The second-order valence-electron chi connectivity index (χ2n) is 4.99. The average molecular weight is 358 g/mol. The van der Waals surface area contributed by atoms with Gasteiger partial charge in [-0.05, 0) is 24.6 Å². The van der Waals surface area contributed by atoms with Gasteiger partial charge >= 0.3 is 0 Å². The molecule has 0 saturated carbocycles. The molecule has 0 bridgehead atoms. The van der Waals surface area contributed by atoms with Gasteiger partial charge in [-0.2, -0.15) is 0 Å². The molecule has 0 aliphatic carbocycles. The third-order valence-corrected chi connectivity index (χ3v) is 5.18. The van der Waals surface area contributed by atoms with Crippen molar-refractivity contribution in [1.82, 2.24) is 15.2 Å². The maximum atomic E-state index is 5.94. The predicted molar refractivity (Wildman–Crippen MR) is 99.0 cm³/mol. The molecule has 7 heteroatoms. The van der Waals surface area contributed by atoms with Gasteiger partial charge in [-0.1, -0.05) is 48.2 Å². The molecule has 0 aliphatic rings. The van der Waals surface area contributed by atoms with Crippen LogP contribution in [0.2, 0.25) is 0 Å². The number of rotatable bonds is 8. The van der Waals surface area contributed by atoms with Crippen LogP contribution in [0, 0.1) is 0 Å². The minimum atomic E-state index is 0.733. The summed E-state index contributed by atoms with van der Waals surface area (Å²) < 4.78 is 6.88. The van der Waals surface area contributed by atoms with E-state index in [1.807, 2.05) is 30.3 Å². The van der Waals surface area contributed by atoms with Crippen molar-refractivity contribution in [3.63, 3.8) is 0 Å². The van der Waals surface area contributed by atoms with Crippen LogP contribution < -0.4 is 10.1 Å². The van der Waals surface area contributed by atoms with Gasteiger partial charge in [0, 0.05) is 24.1 Å². The topological polar surface area (TPSA) is 59.9 Å². The molecule has 0 radical (unpaired) electrons. The Labute approximate surface area is 149 Å². The molecule has 2 aromatic heterocycles. The molecule has 1 aromatic carbocycles. The first-order valence-electron chi connectivity index (χ1n) is 7.71. The number of hydrogen-bond donors (Lipinski definition) is 1. The minimum Gasteiger partial charge on any atom is -0.455 e. The molecule has 3 rings (SSSR count). The van der Waals surface area contributed by atoms with Gasteiger partial charge in [0.25, 0.3) is 0 Å². The van der Waals surface area contributed by atoms with Crippen molar-refractivity contribution in [3.05, 3.63) is 54.4 Å². The Bertz CT molecular complexity index is 764. The van der Waals surface area contributed by atoms with Gasteiger partial charge in [-0.3, -0.25) is 4.98 Å². The van der Waals surface area contributed by atoms with Crippen molar-refractivity contribution in [3.8, 4) is 11.5 Å². The zero-order valence-electron chi connectivity index (χ0n) is 13.3. The van der Waals surface area contributed by atoms with Crippen molar-refractivity contribution in [2.24, 2.45) is 0 Å². The summed E-state index contributed by atoms with van der Waals surface area (Å²) >= 11 is 3.24. The second kappa shape index (κ2) is 8.65. The summed E-state index contributed by atoms with van der Waals surface area (Å²) in [7, 11) is 0. The first-order chi connectivity index (χ1) is 11.8. The van der Waals surface area contributed by atoms with Gasteiger partial charge in [-0.15, -0.1) is 10.2 Å². The third-order valence-electron chi connectivity index (χ3n) is 3.12. The number of hydrogen-bond acceptors (Lipinski definition) is 7. The van der Waals surface area contributed by atoms with Crippen molar-refractivity contribution in [1.29, 1.82) is 0 Å². The highest BCUT2D eigenvalue weighted by Gasteiger charge is 2.08. The molecule has 24 heavy (non-hydrogen) atoms. The fourth-order valence-electron chi connectivity index (χ4n) is 1.97. The summed E-state index contributed by atoms with van der Waals surface area (Å²) in [4.78, 5) is 4.08. The molecule has 0 spiro atoms. The van der Waals surface area contributed by atoms with Gasteiger partial charge < -0.3 is 10.1 Å². The number of pyridine rings is 1. The van der Waals surface area contributed by atoms with Crippen LogP contribution >= 0.6 is 23.1 Å². The van der Waals surface area contributed by atoms with Crippen molar-refractivity contribution in [2.45, 2.75) is 23.4 Å². The Hall–Kier alpha value is -2.12. The molecule has 3 aromatic rings. The highest BCUT2D eigenvalue weighted by Crippen LogP contribution is 2.32. The van der Waals surface area contributed by atoms with E-state index in [2.05, 4.69) is 33.5 Å². The molecule has 0 aliphatic heterocycles. The molecule has 1 N–H and O–H groups in total. The quantitative estimate of drug-likeness (QED) is 0.582. The van der Waals surface area contributed by atoms with Crippen LogP contribution in [0.3, 0.4) is 0 Å². The molecular formula is C17H18N4OS2. The van der Waals surface area contributed by atoms with E-state index in [9.17, 15) is 0 Å². The zero-order chi connectivity index (χ0) is 16.6. The van der Waals surface area contributed by atoms with Gasteiger partial charge in [0.2, 0.25) is 5.13 Å². The fraction of sp³-hybridized carbons (Fsp3) is 0.235. The lowest BCUT2D eigenvalue weighted by Gasteiger charge is -2.09. The van der Waals surface area contributed by atoms with Gasteiger partial charge in [0.1, 0.15) is 11.5 Å². The molecule has 2 heterocycles. The molecule has 0 saturated heterocycles. The first kappa shape index (κ1) is 16.7. The molecule has 0 fully saturated rings. The maximum absolute atomic E-state index is 5.94. The smallest absolute Gasteiger partial charge is 0.206 e. The predicted octanol–water partition coefficient (Wildman–Crippen LogP) is 4.84. The summed E-state index contributed by atoms with van der Waals surface area (Å²) in [5, 5.41) is 12.5. The number of benzene rings is 1. The molecule has 124 valence electrons. The molecule has 0 unspecified atom stereocenters. The Morgan fingerprint density at radius 3 is 2.92 bits per heavy atom. The monoisotopic (exact) mass is 358 g/mol. The van der Waals surface area contributed by atoms with E-state index in [0.29, 0.717) is 0 Å². The van der Waals surface area contributed by atoms with E-state index >= 15 is 0 Å². The SMILES string of the molecule is CCCNc1nnc(SCc2ccccc2Oc2cccnc2)s1. The number of aromatic nitrogens is 3. The normalized spacial score (nSPS) is 10.5. The highest BCUT2D eigenvalue weighted by molar-refractivity contribution is 8.00. The van der Waals surface area contributed by atoms with Crippen LogP contribution in [-0.4, -0.2) is 21.7 Å². The van der Waals surface area contributed by atoms with E-state index in [4.69, 9.17) is 4.74 Å². The summed E-state index contributed by atoms with van der Waals surface area (Å²) in [5.74, 6) is 2.35. The summed E-state index contributed by atoms with van der Waals surface area (Å²) in [5.41, 5.74) is 1.12. The van der Waals surface area contributed by atoms with Crippen LogP contribution in [0.5, 0.6) is 11.5 Å². The Morgan fingerprint density at radius 2 is 2.08 bits per heavy atom. The number of anilines is 1. The van der Waals surface area contributed by atoms with Gasteiger partial charge in [-0.25, -0.2) is 0 Å². The fourth-order valence-corrected chi connectivity index (χ4v) is 3.74. The molecular weight excluding hydrogens is 340 g/mol. The molecule has 0 atom stereocenters. The minimum absolute atomic E-state index is 0.733. The standard InChI is InChI=1S/C17H18N4OS2/c1-2-9-19-16-20-21-17(24-16)23-12-13-6-3-4-8-15(13)22-14-7-5-10-18-11-14/h3-8,10-11H,2,9,12H2,1H3,(H,19,20). The number of nitrogens with zero attached hydrogens (tertiary/aromatic N) is 3. The second-order valence-corrected chi connectivity index (χ2v) is 7.19. The zero-order valence-corrected chi connectivity index (χ0v) is 14.9. The Kier molecular flexibility index (Phi) is 6.03. The lowest BCUT2D eigenvalue weighted by molar-refractivity contribution is 0.476. The van der Waals surface area contributed by atoms with Gasteiger partial charge in [0.15, 0.2) is 4.34 Å². The van der Waals surface area contributed by atoms with Crippen molar-refractivity contribution >= 4 is 28.2 Å². The number of para-hydroxylation sites is 1. The van der Waals surface area contributed by atoms with E-state index in [-0.39, 0.29) is 0 Å². The van der Waals surface area contributed by atoms with Gasteiger partial charge in [0.05, 0.1) is 6.20 Å². The van der Waals surface area contributed by atoms with Crippen molar-refractivity contribution < 1.29 is 4.74 Å². The molecule has 0 amide bonds. The summed E-state index contributed by atoms with van der Waals surface area (Å²) in [6, 6.07) is 11.8. The van der Waals surface area contributed by atoms with E-state index in [0.717, 1.165) is 45.3 Å². The maximum Gasteiger partial charge on any atom is 0.206 e. The summed E-state index contributed by atoms with van der Waals surface area (Å²) in [6.45, 7) is 3.05. The lowest BCUT2D eigenvalue weighted by atomic mass is 10.2. The van der Waals surface area contributed by atoms with Crippen LogP contribution in [-0.2, 0) is 5.75 Å². The van der Waals surface area contributed by atoms with Crippen molar-refractivity contribution in [2.75, 3.05) is 11.9 Å². The number of ether oxygens (including phenoxy) is 1. The van der Waals surface area contributed by atoms with Crippen LogP contribution in [0.15, 0.2) is 53.1 Å². The largest absolute Gasteiger partial charge is 0.455 e. The number of nitrogens with one attached hydrogen (secondary N) is 1. The van der Waals surface area contributed by atoms with E-state index in [1.54, 1.807) is 35.5 Å². The first-order valence-corrected chi connectivity index (χ1v) is 9.51. The summed E-state index contributed by atoms with van der Waals surface area (Å²) in [6.07, 6.45) is 4.51. The molecule has 5 nitrogen and oxygen atoms in total. The van der Waals surface area contributed by atoms with Crippen LogP contribution in [0.25, 0.3) is 0 Å². The van der Waals surface area contributed by atoms with Crippen LogP contribution in [0.1, 0.15) is 18.9 Å². The highest BCUT2D eigenvalue weighted by atomic mass is 32.2. The van der Waals surface area contributed by atoms with E-state index in [1.165, 1.54) is 0 Å². The lowest BCUT2D eigenvalue weighted by Crippen LogP contribution is -1.98. The van der Waals surface area contributed by atoms with Crippen LogP contribution in [0.4, 0.5) is 5.13 Å². The third kappa shape index (κ3) is 4.69. The average Bonchev–Trinajstić information content (AvgIpc) is 3.08. The van der Waals surface area contributed by atoms with E-state index < -0.39 is 0 Å². The Morgan fingerprint density at radius 1 is 1.17 bits per heavy atom. The Balaban J connectivity index is 1.64.